The molecule has 2 aromatic carbocycles. The van der Waals surface area contributed by atoms with Gasteiger partial charge in [0.2, 0.25) is 0 Å². The van der Waals surface area contributed by atoms with Crippen molar-refractivity contribution in [1.82, 2.24) is 0 Å². The zero-order valence-corrected chi connectivity index (χ0v) is 15.0. The highest BCUT2D eigenvalue weighted by Gasteiger charge is 2.27. The molecule has 140 valence electrons. The molecule has 0 N–H and O–H groups in total. The first kappa shape index (κ1) is 18.9. The van der Waals surface area contributed by atoms with Crippen LogP contribution >= 0.6 is 0 Å². The van der Waals surface area contributed by atoms with Gasteiger partial charge in [0.15, 0.2) is 0 Å². The van der Waals surface area contributed by atoms with E-state index in [0.717, 1.165) is 56.4 Å². The van der Waals surface area contributed by atoms with Gasteiger partial charge in [0.1, 0.15) is 23.3 Å². The Bertz CT molecular complexity index is 717. The molecule has 0 bridgehead atoms. The zero-order chi connectivity index (χ0) is 18.7. The maximum absolute atomic E-state index is 14.7. The molecule has 1 saturated carbocycles. The molecule has 3 rings (SSSR count). The number of unbranched alkanes of at least 4 members (excludes halogenated alkanes) is 1. The van der Waals surface area contributed by atoms with Gasteiger partial charge in [-0.25, -0.2) is 17.6 Å². The minimum absolute atomic E-state index is 0.0689. The Morgan fingerprint density at radius 3 is 1.96 bits per heavy atom. The predicted octanol–water partition coefficient (Wildman–Crippen LogP) is 7.37. The summed E-state index contributed by atoms with van der Waals surface area (Å²) < 4.78 is 57.1. The van der Waals surface area contributed by atoms with Crippen molar-refractivity contribution in [2.24, 2.45) is 5.92 Å². The lowest BCUT2D eigenvalue weighted by Crippen LogP contribution is -2.15. The summed E-state index contributed by atoms with van der Waals surface area (Å²) in [5.41, 5.74) is -0.421. The van der Waals surface area contributed by atoms with E-state index in [4.69, 9.17) is 0 Å². The fraction of sp³-hybridized carbons (Fsp3) is 0.455. The number of hydrogen-bond acceptors (Lipinski definition) is 0. The number of hydrogen-bond donors (Lipinski definition) is 0. The third kappa shape index (κ3) is 3.94. The first-order valence-electron chi connectivity index (χ1n) is 9.44. The molecule has 4 heteroatoms. The first-order chi connectivity index (χ1) is 12.5. The van der Waals surface area contributed by atoms with Crippen molar-refractivity contribution in [1.29, 1.82) is 0 Å². The van der Waals surface area contributed by atoms with E-state index in [1.165, 1.54) is 18.9 Å². The van der Waals surface area contributed by atoms with E-state index in [-0.39, 0.29) is 22.6 Å². The van der Waals surface area contributed by atoms with Crippen LogP contribution in [0.15, 0.2) is 30.3 Å². The highest BCUT2D eigenvalue weighted by molar-refractivity contribution is 5.65. The van der Waals surface area contributed by atoms with Crippen LogP contribution < -0.4 is 0 Å². The Morgan fingerprint density at radius 1 is 0.846 bits per heavy atom. The average molecular weight is 364 g/mol. The molecule has 2 aromatic rings. The number of halogens is 4. The predicted molar refractivity (Wildman–Crippen MR) is 95.9 cm³/mol. The van der Waals surface area contributed by atoms with Gasteiger partial charge in [-0.3, -0.25) is 0 Å². The molecule has 0 radical (unpaired) electrons. The van der Waals surface area contributed by atoms with Crippen LogP contribution in [0.2, 0.25) is 0 Å². The van der Waals surface area contributed by atoms with E-state index in [9.17, 15) is 17.6 Å². The summed E-state index contributed by atoms with van der Waals surface area (Å²) in [6.07, 6.45) is 7.02. The summed E-state index contributed by atoms with van der Waals surface area (Å²) in [7, 11) is 0. The van der Waals surface area contributed by atoms with E-state index < -0.39 is 23.3 Å². The lowest BCUT2D eigenvalue weighted by Gasteiger charge is -2.29. The second kappa shape index (κ2) is 8.24. The Labute approximate surface area is 152 Å². The molecule has 26 heavy (non-hydrogen) atoms. The molecule has 0 aliphatic heterocycles. The average Bonchev–Trinajstić information content (AvgIpc) is 2.60. The largest absolute Gasteiger partial charge is 0.207 e. The van der Waals surface area contributed by atoms with Crippen LogP contribution in [0.3, 0.4) is 0 Å². The van der Waals surface area contributed by atoms with Crippen molar-refractivity contribution < 1.29 is 17.6 Å². The Morgan fingerprint density at radius 2 is 1.42 bits per heavy atom. The minimum Gasteiger partial charge on any atom is -0.207 e. The van der Waals surface area contributed by atoms with Crippen LogP contribution in [0, 0.1) is 29.2 Å². The highest BCUT2D eigenvalue weighted by atomic mass is 19.1. The van der Waals surface area contributed by atoms with E-state index >= 15 is 0 Å². The number of rotatable bonds is 5. The maximum atomic E-state index is 14.7. The molecule has 0 atom stereocenters. The Hall–Kier alpha value is -1.84. The van der Waals surface area contributed by atoms with Gasteiger partial charge in [-0.05, 0) is 67.3 Å². The smallest absolute Gasteiger partial charge is 0.133 e. The van der Waals surface area contributed by atoms with Crippen molar-refractivity contribution in [2.75, 3.05) is 0 Å². The SMILES string of the molecule is CCCCC1CCC(c2c(F)cc(-c3c(F)cccc3F)cc2F)CC1. The van der Waals surface area contributed by atoms with Crippen LogP contribution in [-0.2, 0) is 0 Å². The summed E-state index contributed by atoms with van der Waals surface area (Å²) >= 11 is 0. The quantitative estimate of drug-likeness (QED) is 0.486. The molecule has 1 aliphatic carbocycles. The van der Waals surface area contributed by atoms with Gasteiger partial charge in [0.05, 0.1) is 5.56 Å². The molecule has 0 heterocycles. The standard InChI is InChI=1S/C22H24F4/c1-2-3-5-14-8-10-15(11-9-14)21-19(25)12-16(13-20(21)26)22-17(23)6-4-7-18(22)24/h4,6-7,12-15H,2-3,5,8-11H2,1H3. The third-order valence-electron chi connectivity index (χ3n) is 5.55. The maximum Gasteiger partial charge on any atom is 0.133 e. The van der Waals surface area contributed by atoms with Crippen molar-refractivity contribution in [3.8, 4) is 11.1 Å². The first-order valence-corrected chi connectivity index (χ1v) is 9.44. The molecular weight excluding hydrogens is 340 g/mol. The lowest BCUT2D eigenvalue weighted by atomic mass is 9.76. The molecule has 0 amide bonds. The summed E-state index contributed by atoms with van der Waals surface area (Å²) in [6, 6.07) is 5.51. The van der Waals surface area contributed by atoms with E-state index in [0.29, 0.717) is 5.92 Å². The van der Waals surface area contributed by atoms with Gasteiger partial charge < -0.3 is 0 Å². The fourth-order valence-electron chi connectivity index (χ4n) is 4.12. The lowest BCUT2D eigenvalue weighted by molar-refractivity contribution is 0.296. The van der Waals surface area contributed by atoms with Crippen molar-refractivity contribution in [2.45, 2.75) is 57.8 Å². The van der Waals surface area contributed by atoms with Gasteiger partial charge in [-0.15, -0.1) is 0 Å². The van der Waals surface area contributed by atoms with Gasteiger partial charge in [0, 0.05) is 5.56 Å². The molecule has 0 nitrogen and oxygen atoms in total. The van der Waals surface area contributed by atoms with Gasteiger partial charge in [-0.1, -0.05) is 32.3 Å². The molecule has 0 spiro atoms. The van der Waals surface area contributed by atoms with Crippen LogP contribution in [0.4, 0.5) is 17.6 Å². The van der Waals surface area contributed by atoms with Gasteiger partial charge in [0.25, 0.3) is 0 Å². The van der Waals surface area contributed by atoms with E-state index in [1.54, 1.807) is 0 Å². The van der Waals surface area contributed by atoms with Crippen molar-refractivity contribution >= 4 is 0 Å². The second-order valence-corrected chi connectivity index (χ2v) is 7.31. The zero-order valence-electron chi connectivity index (χ0n) is 15.0. The summed E-state index contributed by atoms with van der Waals surface area (Å²) in [5.74, 6) is -2.59. The van der Waals surface area contributed by atoms with E-state index in [1.807, 2.05) is 0 Å². The topological polar surface area (TPSA) is 0 Å². The molecular formula is C22H24F4. The van der Waals surface area contributed by atoms with Gasteiger partial charge in [-0.2, -0.15) is 0 Å². The fourth-order valence-corrected chi connectivity index (χ4v) is 4.12. The monoisotopic (exact) mass is 364 g/mol. The molecule has 0 unspecified atom stereocenters. The minimum atomic E-state index is -0.826. The number of benzene rings is 2. The molecule has 1 fully saturated rings. The highest BCUT2D eigenvalue weighted by Crippen LogP contribution is 2.41. The third-order valence-corrected chi connectivity index (χ3v) is 5.55. The van der Waals surface area contributed by atoms with Gasteiger partial charge >= 0.3 is 0 Å². The Balaban J connectivity index is 1.83. The summed E-state index contributed by atoms with van der Waals surface area (Å²) in [4.78, 5) is 0. The van der Waals surface area contributed by atoms with E-state index in [2.05, 4.69) is 6.92 Å². The second-order valence-electron chi connectivity index (χ2n) is 7.31. The van der Waals surface area contributed by atoms with Crippen molar-refractivity contribution in [3.05, 3.63) is 59.2 Å². The summed E-state index contributed by atoms with van der Waals surface area (Å²) in [5, 5.41) is 0. The molecule has 0 aromatic heterocycles. The van der Waals surface area contributed by atoms with Crippen molar-refractivity contribution in [3.63, 3.8) is 0 Å². The molecule has 0 saturated heterocycles. The van der Waals surface area contributed by atoms with Crippen LogP contribution in [-0.4, -0.2) is 0 Å². The normalized spacial score (nSPS) is 20.3. The summed E-state index contributed by atoms with van der Waals surface area (Å²) in [6.45, 7) is 2.16. The van der Waals surface area contributed by atoms with Crippen LogP contribution in [0.1, 0.15) is 63.4 Å². The molecule has 1 aliphatic rings. The Kier molecular flexibility index (Phi) is 6.00. The van der Waals surface area contributed by atoms with Crippen LogP contribution in [0.5, 0.6) is 0 Å². The van der Waals surface area contributed by atoms with Crippen LogP contribution in [0.25, 0.3) is 11.1 Å².